The fourth-order valence-corrected chi connectivity index (χ4v) is 9.23. The molecule has 0 aromatic heterocycles. The van der Waals surface area contributed by atoms with Crippen molar-refractivity contribution in [2.45, 2.75) is 133 Å². The van der Waals surface area contributed by atoms with E-state index < -0.39 is 6.10 Å². The Hall–Kier alpha value is -5.15. The van der Waals surface area contributed by atoms with Crippen LogP contribution in [-0.4, -0.2) is 51.8 Å². The summed E-state index contributed by atoms with van der Waals surface area (Å²) in [5.41, 5.74) is 16.1. The van der Waals surface area contributed by atoms with Gasteiger partial charge < -0.3 is 20.3 Å². The first-order valence-electron chi connectivity index (χ1n) is 21.4. The maximum absolute atomic E-state index is 13.9. The van der Waals surface area contributed by atoms with Gasteiger partial charge in [0.05, 0.1) is 46.6 Å². The number of Topliss-reactive ketones (excluding diaryl/α,β-unsaturated/α-hetero) is 1. The molecule has 0 radical (unpaired) electrons. The van der Waals surface area contributed by atoms with Gasteiger partial charge >= 0.3 is 5.97 Å². The number of rotatable bonds is 14. The second kappa shape index (κ2) is 18.4. The number of hydrogen-bond donors (Lipinski definition) is 3. The van der Waals surface area contributed by atoms with Crippen LogP contribution in [0.2, 0.25) is 0 Å². The number of carbonyl (C=O) groups excluding carboxylic acids is 2. The summed E-state index contributed by atoms with van der Waals surface area (Å²) < 4.78 is 5.75. The van der Waals surface area contributed by atoms with Crippen LogP contribution < -0.4 is 5.32 Å². The van der Waals surface area contributed by atoms with E-state index in [4.69, 9.17) is 19.7 Å². The molecule has 2 fully saturated rings. The minimum Gasteiger partial charge on any atom is -0.515 e. The number of ketones is 1. The Labute approximate surface area is 350 Å². The Morgan fingerprint density at radius 1 is 0.898 bits per heavy atom. The summed E-state index contributed by atoms with van der Waals surface area (Å²) in [7, 11) is 0. The van der Waals surface area contributed by atoms with E-state index in [1.54, 1.807) is 6.92 Å². The van der Waals surface area contributed by atoms with Crippen molar-refractivity contribution < 1.29 is 24.5 Å². The second-order valence-corrected chi connectivity index (χ2v) is 16.9. The molecule has 1 saturated heterocycles. The van der Waals surface area contributed by atoms with Crippen molar-refractivity contribution in [3.63, 3.8) is 0 Å². The van der Waals surface area contributed by atoms with Crippen molar-refractivity contribution in [1.29, 1.82) is 0 Å². The number of hydrogen-bond acceptors (Lipinski definition) is 9. The molecule has 1 saturated carbocycles. The number of ether oxygens (including phenoxy) is 1. The number of aliphatic imine (C=N–C) groups is 3. The number of fused-ring (bicyclic) bond motifs is 5. The summed E-state index contributed by atoms with van der Waals surface area (Å²) in [6.45, 7) is 20.7. The van der Waals surface area contributed by atoms with Crippen LogP contribution in [-0.2, 0) is 14.3 Å². The average Bonchev–Trinajstić information content (AvgIpc) is 3.97. The molecular formula is C50H62N4O5. The van der Waals surface area contributed by atoms with E-state index in [1.165, 1.54) is 16.7 Å². The highest BCUT2D eigenvalue weighted by molar-refractivity contribution is 6.38. The van der Waals surface area contributed by atoms with Crippen LogP contribution in [0.5, 0.6) is 0 Å². The Morgan fingerprint density at radius 3 is 2.24 bits per heavy atom. The molecule has 0 aromatic carbocycles. The Kier molecular flexibility index (Phi) is 13.6. The molecule has 312 valence electrons. The van der Waals surface area contributed by atoms with Crippen LogP contribution in [0.1, 0.15) is 127 Å². The topological polar surface area (TPSA) is 133 Å². The van der Waals surface area contributed by atoms with E-state index >= 15 is 0 Å². The van der Waals surface area contributed by atoms with Crippen LogP contribution in [0, 0.1) is 11.8 Å². The van der Waals surface area contributed by atoms with E-state index in [-0.39, 0.29) is 43.0 Å². The third-order valence-corrected chi connectivity index (χ3v) is 12.4. The molecule has 5 heterocycles. The van der Waals surface area contributed by atoms with Crippen molar-refractivity contribution in [3.8, 4) is 0 Å². The average molecular weight is 799 g/mol. The third-order valence-electron chi connectivity index (χ3n) is 12.4. The predicted molar refractivity (Wildman–Crippen MR) is 239 cm³/mol. The van der Waals surface area contributed by atoms with E-state index in [9.17, 15) is 19.8 Å². The number of nitrogens with one attached hydrogen (secondary N) is 1. The zero-order valence-electron chi connectivity index (χ0n) is 36.7. The van der Waals surface area contributed by atoms with E-state index in [0.717, 1.165) is 76.9 Å². The maximum Gasteiger partial charge on any atom is 0.306 e. The Morgan fingerprint density at radius 2 is 1.58 bits per heavy atom. The Bertz CT molecular complexity index is 2280. The lowest BCUT2D eigenvalue weighted by Crippen LogP contribution is -2.16. The van der Waals surface area contributed by atoms with Crippen LogP contribution in [0.15, 0.2) is 141 Å². The van der Waals surface area contributed by atoms with Gasteiger partial charge in [-0.25, -0.2) is 15.0 Å². The van der Waals surface area contributed by atoms with Gasteiger partial charge in [0.15, 0.2) is 5.78 Å². The molecule has 0 spiro atoms. The quantitative estimate of drug-likeness (QED) is 0.0910. The zero-order valence-corrected chi connectivity index (χ0v) is 36.7. The fraction of sp³-hybridized carbons (Fsp3) is 0.460. The molecule has 0 aromatic rings. The predicted octanol–water partition coefficient (Wildman–Crippen LogP) is 10.7. The normalized spacial score (nSPS) is 23.0. The monoisotopic (exact) mass is 798 g/mol. The van der Waals surface area contributed by atoms with Crippen LogP contribution in [0.3, 0.4) is 0 Å². The smallest absolute Gasteiger partial charge is 0.306 e. The first-order valence-corrected chi connectivity index (χ1v) is 21.4. The molecule has 6 aliphatic rings. The van der Waals surface area contributed by atoms with Crippen molar-refractivity contribution >= 4 is 28.9 Å². The van der Waals surface area contributed by atoms with Gasteiger partial charge in [-0.15, -0.1) is 0 Å². The maximum atomic E-state index is 13.9. The highest BCUT2D eigenvalue weighted by atomic mass is 16.5. The highest BCUT2D eigenvalue weighted by Gasteiger charge is 2.44. The number of allylic oxidation sites excluding steroid dienone is 16. The molecule has 9 heteroatoms. The molecule has 6 rings (SSSR count). The minimum absolute atomic E-state index is 0.0373. The summed E-state index contributed by atoms with van der Waals surface area (Å²) in [5.74, 6) is -0.375. The second-order valence-electron chi connectivity index (χ2n) is 16.9. The molecule has 5 aliphatic heterocycles. The number of aliphatic hydroxyl groups excluding tert-OH is 2. The molecule has 3 atom stereocenters. The van der Waals surface area contributed by atoms with E-state index in [2.05, 4.69) is 52.1 Å². The minimum atomic E-state index is -0.801. The van der Waals surface area contributed by atoms with Gasteiger partial charge in [-0.05, 0) is 134 Å². The zero-order chi connectivity index (χ0) is 42.7. The molecule has 3 N–H and O–H groups in total. The SMILES string of the molecule is CCC1=C2C=C3N=C4C(=C5NC(=C(C)C6=NC(=CC(=N2)C1=CO)C([C@@H](C)O)=C6C)[C@@H](C)[C@@H]5CCC(=O)OCC=C(C)CCC=C(C)CCC=C(C)C)CC(=O)C4=C3CC. The summed E-state index contributed by atoms with van der Waals surface area (Å²) in [6, 6.07) is 0. The first-order chi connectivity index (χ1) is 28.2. The molecule has 1 aliphatic carbocycles. The Balaban J connectivity index is 1.33. The van der Waals surface area contributed by atoms with E-state index in [1.807, 2.05) is 45.9 Å². The molecule has 0 amide bonds. The van der Waals surface area contributed by atoms with Crippen LogP contribution in [0.4, 0.5) is 0 Å². The van der Waals surface area contributed by atoms with Crippen molar-refractivity contribution in [1.82, 2.24) is 5.32 Å². The molecule has 59 heavy (non-hydrogen) atoms. The van der Waals surface area contributed by atoms with E-state index in [0.29, 0.717) is 64.5 Å². The van der Waals surface area contributed by atoms with Crippen molar-refractivity contribution in [3.05, 3.63) is 126 Å². The van der Waals surface area contributed by atoms with Gasteiger partial charge in [-0.1, -0.05) is 49.6 Å². The van der Waals surface area contributed by atoms with Gasteiger partial charge in [0.2, 0.25) is 0 Å². The largest absolute Gasteiger partial charge is 0.515 e. The summed E-state index contributed by atoms with van der Waals surface area (Å²) in [5, 5.41) is 25.3. The lowest BCUT2D eigenvalue weighted by atomic mass is 9.85. The van der Waals surface area contributed by atoms with Gasteiger partial charge in [0.25, 0.3) is 0 Å². The number of aliphatic hydroxyl groups is 2. The standard InChI is InChI=1S/C50H62N4O5/c1-11-34-38(26-55)41-25-42-45(33(10)56)31(8)48(53-42)32(9)47-30(7)36(19-20-44(58)59-22-21-29(6)18-14-17-28(5)16-13-15-27(3)4)49(54-47)37-23-43(57)46-35(12-2)40(52-50(37)46)24-39(34)51-41/h15,17,21,24-26,30,33,36,54-56H,11-14,16,18-20,22-23H2,1-10H3/t30-,33+,36-/m0/s1. The number of esters is 1. The van der Waals surface area contributed by atoms with Crippen molar-refractivity contribution in [2.75, 3.05) is 6.61 Å². The third kappa shape index (κ3) is 8.91. The number of nitrogens with zero attached hydrogens (tertiary/aromatic N) is 3. The van der Waals surface area contributed by atoms with Crippen LogP contribution in [0.25, 0.3) is 0 Å². The van der Waals surface area contributed by atoms with Crippen LogP contribution >= 0.6 is 0 Å². The van der Waals surface area contributed by atoms with Gasteiger partial charge in [0, 0.05) is 58.4 Å². The molecule has 0 unspecified atom stereocenters. The van der Waals surface area contributed by atoms with Gasteiger partial charge in [-0.2, -0.15) is 0 Å². The molecule has 8 bridgehead atoms. The van der Waals surface area contributed by atoms with Crippen molar-refractivity contribution in [2.24, 2.45) is 26.8 Å². The lowest BCUT2D eigenvalue weighted by Gasteiger charge is -2.17. The van der Waals surface area contributed by atoms with Gasteiger partial charge in [0.1, 0.15) is 6.61 Å². The lowest BCUT2D eigenvalue weighted by molar-refractivity contribution is -0.142. The molecular weight excluding hydrogens is 737 g/mol. The first kappa shape index (κ1) is 43.4. The summed E-state index contributed by atoms with van der Waals surface area (Å²) in [6.07, 6.45) is 16.9. The number of carbonyl (C=O) groups is 2. The highest BCUT2D eigenvalue weighted by Crippen LogP contribution is 2.47. The summed E-state index contributed by atoms with van der Waals surface area (Å²) >= 11 is 0. The summed E-state index contributed by atoms with van der Waals surface area (Å²) in [4.78, 5) is 42.5. The molecule has 9 nitrogen and oxygen atoms in total. The van der Waals surface area contributed by atoms with Gasteiger partial charge in [-0.3, -0.25) is 9.59 Å². The fourth-order valence-electron chi connectivity index (χ4n) is 9.23.